The van der Waals surface area contributed by atoms with Crippen LogP contribution in [0.15, 0.2) is 58.4 Å². The van der Waals surface area contributed by atoms with E-state index in [1.807, 2.05) is 30.3 Å². The third-order valence-electron chi connectivity index (χ3n) is 6.11. The molecule has 9 heteroatoms. The Balaban J connectivity index is 1.72. The van der Waals surface area contributed by atoms with Gasteiger partial charge in [0.1, 0.15) is 4.70 Å². The van der Waals surface area contributed by atoms with Crippen LogP contribution in [0.2, 0.25) is 5.02 Å². The van der Waals surface area contributed by atoms with Crippen molar-refractivity contribution >= 4 is 33.2 Å². The minimum Gasteiger partial charge on any atom is -0.381 e. The lowest BCUT2D eigenvalue weighted by Gasteiger charge is -2.22. The van der Waals surface area contributed by atoms with Gasteiger partial charge in [-0.05, 0) is 42.5 Å². The van der Waals surface area contributed by atoms with Crippen LogP contribution in [0.3, 0.4) is 0 Å². The Hall–Kier alpha value is -3.25. The van der Waals surface area contributed by atoms with Crippen LogP contribution in [0.5, 0.6) is 0 Å². The number of aryl methyl sites for hydroxylation is 1. The second-order valence-electron chi connectivity index (χ2n) is 8.15. The second kappa shape index (κ2) is 9.55. The Morgan fingerprint density at radius 2 is 1.97 bits per heavy atom. The number of ether oxygens (including phenoxy) is 1. The van der Waals surface area contributed by atoms with E-state index in [4.69, 9.17) is 21.6 Å². The van der Waals surface area contributed by atoms with E-state index in [0.29, 0.717) is 34.1 Å². The molecule has 1 saturated heterocycles. The summed E-state index contributed by atoms with van der Waals surface area (Å²) in [6.45, 7) is 1.54. The number of thiophene rings is 1. The van der Waals surface area contributed by atoms with Gasteiger partial charge in [-0.15, -0.1) is 11.3 Å². The summed E-state index contributed by atoms with van der Waals surface area (Å²) in [6.07, 6.45) is 5.21. The van der Waals surface area contributed by atoms with Gasteiger partial charge in [0.05, 0.1) is 29.9 Å². The van der Waals surface area contributed by atoms with Gasteiger partial charge in [-0.1, -0.05) is 29.8 Å². The van der Waals surface area contributed by atoms with E-state index in [2.05, 4.69) is 11.1 Å². The first-order valence-electron chi connectivity index (χ1n) is 11.0. The van der Waals surface area contributed by atoms with Crippen LogP contribution >= 0.6 is 22.9 Å². The lowest BCUT2D eigenvalue weighted by molar-refractivity contribution is 0.0852. The molecule has 1 fully saturated rings. The van der Waals surface area contributed by atoms with Crippen molar-refractivity contribution in [1.29, 1.82) is 5.26 Å². The van der Waals surface area contributed by atoms with Crippen molar-refractivity contribution in [3.05, 3.63) is 80.2 Å². The summed E-state index contributed by atoms with van der Waals surface area (Å²) < 4.78 is 8.56. The van der Waals surface area contributed by atoms with Crippen molar-refractivity contribution in [3.8, 4) is 22.2 Å². The quantitative estimate of drug-likeness (QED) is 0.401. The van der Waals surface area contributed by atoms with Crippen LogP contribution < -0.4 is 11.2 Å². The zero-order chi connectivity index (χ0) is 23.7. The zero-order valence-corrected chi connectivity index (χ0v) is 19.8. The summed E-state index contributed by atoms with van der Waals surface area (Å²) >= 11 is 7.68. The van der Waals surface area contributed by atoms with Gasteiger partial charge in [0, 0.05) is 41.4 Å². The highest BCUT2D eigenvalue weighted by Crippen LogP contribution is 2.35. The molecule has 1 aromatic carbocycles. The van der Waals surface area contributed by atoms with E-state index < -0.39 is 11.2 Å². The molecule has 3 aromatic heterocycles. The average molecular weight is 493 g/mol. The molecule has 4 heterocycles. The van der Waals surface area contributed by atoms with Crippen LogP contribution in [-0.4, -0.2) is 27.3 Å². The molecule has 172 valence electrons. The maximum absolute atomic E-state index is 13.6. The smallest absolute Gasteiger partial charge is 0.336 e. The predicted octanol–water partition coefficient (Wildman–Crippen LogP) is 4.74. The van der Waals surface area contributed by atoms with E-state index in [0.717, 1.165) is 28.8 Å². The Bertz CT molecular complexity index is 1530. The maximum Gasteiger partial charge on any atom is 0.336 e. The van der Waals surface area contributed by atoms with Gasteiger partial charge >= 0.3 is 5.69 Å². The maximum atomic E-state index is 13.6. The topological polar surface area (TPSA) is 89.9 Å². The summed E-state index contributed by atoms with van der Waals surface area (Å²) in [7, 11) is 0. The van der Waals surface area contributed by atoms with Crippen molar-refractivity contribution in [2.45, 2.75) is 31.7 Å². The molecule has 5 rings (SSSR count). The number of benzene rings is 1. The number of hydrogen-bond acceptors (Lipinski definition) is 6. The molecule has 0 aliphatic carbocycles. The minimum absolute atomic E-state index is 0.144. The van der Waals surface area contributed by atoms with E-state index in [9.17, 15) is 9.59 Å². The summed E-state index contributed by atoms with van der Waals surface area (Å²) in [5, 5.41) is 9.73. The summed E-state index contributed by atoms with van der Waals surface area (Å²) in [4.78, 5) is 32.3. The first kappa shape index (κ1) is 22.5. The molecule has 0 radical (unpaired) electrons. The molecule has 1 aliphatic heterocycles. The molecule has 0 unspecified atom stereocenters. The number of halogens is 1. The Morgan fingerprint density at radius 1 is 1.18 bits per heavy atom. The van der Waals surface area contributed by atoms with E-state index in [1.165, 1.54) is 26.7 Å². The van der Waals surface area contributed by atoms with Crippen LogP contribution in [0.1, 0.15) is 30.7 Å². The molecule has 0 atom stereocenters. The van der Waals surface area contributed by atoms with E-state index >= 15 is 0 Å². The van der Waals surface area contributed by atoms with Gasteiger partial charge in [0.25, 0.3) is 5.56 Å². The van der Waals surface area contributed by atoms with Crippen LogP contribution in [0.25, 0.3) is 26.3 Å². The van der Waals surface area contributed by atoms with Crippen LogP contribution in [-0.2, 0) is 11.3 Å². The van der Waals surface area contributed by atoms with Gasteiger partial charge < -0.3 is 4.74 Å². The third kappa shape index (κ3) is 4.07. The van der Waals surface area contributed by atoms with Gasteiger partial charge in [-0.2, -0.15) is 5.26 Å². The highest BCUT2D eigenvalue weighted by molar-refractivity contribution is 7.22. The van der Waals surface area contributed by atoms with E-state index in [1.54, 1.807) is 12.3 Å². The van der Waals surface area contributed by atoms with Crippen LogP contribution in [0, 0.1) is 11.3 Å². The molecular formula is C25H21ClN4O3S. The zero-order valence-electron chi connectivity index (χ0n) is 18.2. The Kier molecular flexibility index (Phi) is 6.33. The largest absolute Gasteiger partial charge is 0.381 e. The molecule has 1 aliphatic rings. The lowest BCUT2D eigenvalue weighted by atomic mass is 9.93. The molecule has 0 amide bonds. The lowest BCUT2D eigenvalue weighted by Crippen LogP contribution is -2.38. The Labute approximate surface area is 204 Å². The third-order valence-corrected chi connectivity index (χ3v) is 7.58. The number of nitriles is 1. The second-order valence-corrected chi connectivity index (χ2v) is 9.61. The summed E-state index contributed by atoms with van der Waals surface area (Å²) in [5.74, 6) is 0.273. The van der Waals surface area contributed by atoms with Gasteiger partial charge in [-0.25, -0.2) is 9.36 Å². The number of aromatic nitrogens is 3. The highest BCUT2D eigenvalue weighted by Gasteiger charge is 2.21. The number of rotatable bonds is 5. The molecular weight excluding hydrogens is 472 g/mol. The molecule has 0 bridgehead atoms. The number of hydrogen-bond donors (Lipinski definition) is 0. The molecule has 4 aromatic rings. The predicted molar refractivity (Wildman–Crippen MR) is 133 cm³/mol. The van der Waals surface area contributed by atoms with Crippen molar-refractivity contribution in [2.75, 3.05) is 13.2 Å². The monoisotopic (exact) mass is 492 g/mol. The average Bonchev–Trinajstić information content (AvgIpc) is 3.30. The van der Waals surface area contributed by atoms with Crippen LogP contribution in [0.4, 0.5) is 0 Å². The fourth-order valence-electron chi connectivity index (χ4n) is 4.37. The molecule has 0 N–H and O–H groups in total. The van der Waals surface area contributed by atoms with Gasteiger partial charge in [0.15, 0.2) is 0 Å². The van der Waals surface area contributed by atoms with Gasteiger partial charge in [-0.3, -0.25) is 14.3 Å². The normalized spacial score (nSPS) is 14.4. The van der Waals surface area contributed by atoms with Crippen molar-refractivity contribution in [1.82, 2.24) is 14.1 Å². The first-order valence-corrected chi connectivity index (χ1v) is 12.2. The number of fused-ring (bicyclic) bond motifs is 1. The first-order chi connectivity index (χ1) is 16.6. The fourth-order valence-corrected chi connectivity index (χ4v) is 5.79. The minimum atomic E-state index is -0.484. The fraction of sp³-hybridized carbons (Fsp3) is 0.280. The molecule has 34 heavy (non-hydrogen) atoms. The van der Waals surface area contributed by atoms with Crippen molar-refractivity contribution < 1.29 is 4.74 Å². The summed E-state index contributed by atoms with van der Waals surface area (Å²) in [5.41, 5.74) is 1.83. The molecule has 0 spiro atoms. The Morgan fingerprint density at radius 3 is 2.74 bits per heavy atom. The number of pyridine rings is 1. The van der Waals surface area contributed by atoms with Gasteiger partial charge in [0.2, 0.25) is 0 Å². The molecule has 7 nitrogen and oxygen atoms in total. The highest BCUT2D eigenvalue weighted by atomic mass is 35.5. The summed E-state index contributed by atoms with van der Waals surface area (Å²) in [6, 6.07) is 13.2. The van der Waals surface area contributed by atoms with Crippen molar-refractivity contribution in [3.63, 3.8) is 0 Å². The standard InChI is InChI=1S/C25H21ClN4O3S/c26-20-5-2-1-4-19(20)22-13-21-23(34-22)24(31)30(25(32)29(21)9-3-8-27)18-12-17(14-28-15-18)16-6-10-33-11-7-16/h1-2,4-5,12-16H,3,6-7,9-11H2. The SMILES string of the molecule is N#CCCn1c(=O)n(-c2cncc(C3CCOCC3)c2)c(=O)c2sc(-c3ccccc3Cl)cc21. The molecule has 0 saturated carbocycles. The number of nitrogens with zero attached hydrogens (tertiary/aromatic N) is 4. The van der Waals surface area contributed by atoms with Crippen molar-refractivity contribution in [2.24, 2.45) is 0 Å². The van der Waals surface area contributed by atoms with E-state index in [-0.39, 0.29) is 18.9 Å².